The molecule has 0 aliphatic rings. The molecule has 1 heterocycles. The summed E-state index contributed by atoms with van der Waals surface area (Å²) in [5.74, 6) is 1.46. The summed E-state index contributed by atoms with van der Waals surface area (Å²) in [5, 5.41) is 2.58. The molecule has 0 saturated heterocycles. The molecule has 2 nitrogen and oxygen atoms in total. The Kier molecular flexibility index (Phi) is 2.43. The number of rotatable bonds is 2. The van der Waals surface area contributed by atoms with Gasteiger partial charge in [0.25, 0.3) is 0 Å². The molecule has 0 unspecified atom stereocenters. The number of fused-ring (bicyclic) bond motifs is 1. The number of benzene rings is 1. The summed E-state index contributed by atoms with van der Waals surface area (Å²) in [4.78, 5) is 0. The summed E-state index contributed by atoms with van der Waals surface area (Å²) in [6.45, 7) is 4.42. The number of methoxy groups -OCH3 is 1. The van der Waals surface area contributed by atoms with Crippen molar-refractivity contribution in [3.8, 4) is 5.75 Å². The second-order valence-electron chi connectivity index (χ2n) is 4.30. The van der Waals surface area contributed by atoms with Crippen LogP contribution in [0.2, 0.25) is 0 Å². The van der Waals surface area contributed by atoms with Crippen LogP contribution >= 0.6 is 0 Å². The number of hydrogen-bond donors (Lipinski definition) is 0. The Morgan fingerprint density at radius 3 is 2.53 bits per heavy atom. The van der Waals surface area contributed by atoms with E-state index < -0.39 is 0 Å². The van der Waals surface area contributed by atoms with Gasteiger partial charge in [-0.1, -0.05) is 13.8 Å². The van der Waals surface area contributed by atoms with E-state index in [1.54, 1.807) is 7.11 Å². The van der Waals surface area contributed by atoms with Gasteiger partial charge in [-0.3, -0.25) is 0 Å². The van der Waals surface area contributed by atoms with Crippen molar-refractivity contribution < 1.29 is 4.74 Å². The van der Waals surface area contributed by atoms with Gasteiger partial charge in [0.1, 0.15) is 5.75 Å². The molecule has 0 saturated carbocycles. The summed E-state index contributed by atoms with van der Waals surface area (Å²) >= 11 is 0. The quantitative estimate of drug-likeness (QED) is 0.730. The minimum Gasteiger partial charge on any atom is -0.497 e. The van der Waals surface area contributed by atoms with Crippen LogP contribution in [0.5, 0.6) is 5.75 Å². The van der Waals surface area contributed by atoms with Gasteiger partial charge >= 0.3 is 0 Å². The molecule has 0 fully saturated rings. The van der Waals surface area contributed by atoms with E-state index in [2.05, 4.69) is 50.0 Å². The third-order valence-electron chi connectivity index (χ3n) is 2.75. The Morgan fingerprint density at radius 2 is 1.93 bits per heavy atom. The molecule has 0 N–H and O–H groups in total. The van der Waals surface area contributed by atoms with E-state index in [-0.39, 0.29) is 0 Å². The predicted octanol–water partition coefficient (Wildman–Crippen LogP) is 3.31. The zero-order valence-corrected chi connectivity index (χ0v) is 9.74. The zero-order valence-electron chi connectivity index (χ0n) is 9.74. The van der Waals surface area contributed by atoms with Gasteiger partial charge in [-0.25, -0.2) is 0 Å². The van der Waals surface area contributed by atoms with Crippen LogP contribution in [0.3, 0.4) is 0 Å². The van der Waals surface area contributed by atoms with E-state index >= 15 is 0 Å². The van der Waals surface area contributed by atoms with E-state index in [0.29, 0.717) is 5.92 Å². The highest BCUT2D eigenvalue weighted by molar-refractivity contribution is 5.87. The largest absolute Gasteiger partial charge is 0.497 e. The number of ether oxygens (including phenoxy) is 1. The molecule has 15 heavy (non-hydrogen) atoms. The lowest BCUT2D eigenvalue weighted by atomic mass is 9.98. The summed E-state index contributed by atoms with van der Waals surface area (Å²) < 4.78 is 7.41. The Bertz CT molecular complexity index is 482. The van der Waals surface area contributed by atoms with Crippen LogP contribution in [0.25, 0.3) is 10.8 Å². The average Bonchev–Trinajstić information content (AvgIpc) is 2.55. The van der Waals surface area contributed by atoms with Crippen molar-refractivity contribution in [3.05, 3.63) is 30.1 Å². The average molecular weight is 203 g/mol. The normalized spacial score (nSPS) is 11.3. The Morgan fingerprint density at radius 1 is 1.20 bits per heavy atom. The smallest absolute Gasteiger partial charge is 0.119 e. The van der Waals surface area contributed by atoms with Crippen molar-refractivity contribution in [2.45, 2.75) is 19.8 Å². The Hall–Kier alpha value is -1.44. The minimum atomic E-state index is 0.519. The van der Waals surface area contributed by atoms with Crippen molar-refractivity contribution in [1.29, 1.82) is 0 Å². The summed E-state index contributed by atoms with van der Waals surface area (Å²) in [6, 6.07) is 4.22. The van der Waals surface area contributed by atoms with E-state index in [4.69, 9.17) is 4.74 Å². The number of hydrogen-bond acceptors (Lipinski definition) is 1. The van der Waals surface area contributed by atoms with Gasteiger partial charge in [0.15, 0.2) is 0 Å². The lowest BCUT2D eigenvalue weighted by molar-refractivity contribution is 0.414. The maximum absolute atomic E-state index is 5.31. The molecule has 0 aliphatic carbocycles. The third-order valence-corrected chi connectivity index (χ3v) is 2.75. The molecule has 2 heteroatoms. The highest BCUT2D eigenvalue weighted by Gasteiger charge is 2.09. The molecular formula is C13H17NO. The molecule has 0 spiro atoms. The van der Waals surface area contributed by atoms with Crippen molar-refractivity contribution in [3.63, 3.8) is 0 Å². The van der Waals surface area contributed by atoms with Crippen LogP contribution in [0.4, 0.5) is 0 Å². The number of aromatic nitrogens is 1. The van der Waals surface area contributed by atoms with Gasteiger partial charge in [-0.05, 0) is 23.6 Å². The molecule has 2 aromatic rings. The predicted molar refractivity (Wildman–Crippen MR) is 63.6 cm³/mol. The molecule has 1 aromatic carbocycles. The Labute approximate surface area is 90.5 Å². The minimum absolute atomic E-state index is 0.519. The molecule has 0 amide bonds. The molecular weight excluding hydrogens is 186 g/mol. The summed E-state index contributed by atoms with van der Waals surface area (Å²) in [6.07, 6.45) is 4.30. The maximum Gasteiger partial charge on any atom is 0.119 e. The SMILES string of the molecule is COc1cc(C(C)C)c2cn(C)cc2c1. The van der Waals surface area contributed by atoms with Crippen molar-refractivity contribution in [1.82, 2.24) is 4.57 Å². The lowest BCUT2D eigenvalue weighted by Gasteiger charge is -2.09. The van der Waals surface area contributed by atoms with Crippen molar-refractivity contribution in [2.24, 2.45) is 7.05 Å². The third kappa shape index (κ3) is 1.72. The van der Waals surface area contributed by atoms with Crippen LogP contribution < -0.4 is 4.74 Å². The van der Waals surface area contributed by atoms with Crippen LogP contribution in [0.1, 0.15) is 25.3 Å². The van der Waals surface area contributed by atoms with Gasteiger partial charge in [0.05, 0.1) is 7.11 Å². The van der Waals surface area contributed by atoms with Crippen molar-refractivity contribution >= 4 is 10.8 Å². The second-order valence-corrected chi connectivity index (χ2v) is 4.30. The van der Waals surface area contributed by atoms with Crippen LogP contribution in [0, 0.1) is 0 Å². The van der Waals surface area contributed by atoms with Crippen molar-refractivity contribution in [2.75, 3.05) is 7.11 Å². The van der Waals surface area contributed by atoms with E-state index in [0.717, 1.165) is 5.75 Å². The number of nitrogens with zero attached hydrogens (tertiary/aromatic N) is 1. The second kappa shape index (κ2) is 3.61. The maximum atomic E-state index is 5.31. The van der Waals surface area contributed by atoms with Gasteiger partial charge in [-0.15, -0.1) is 0 Å². The molecule has 0 atom stereocenters. The first-order valence-corrected chi connectivity index (χ1v) is 5.25. The highest BCUT2D eigenvalue weighted by atomic mass is 16.5. The van der Waals surface area contributed by atoms with Gasteiger partial charge in [-0.2, -0.15) is 0 Å². The van der Waals surface area contributed by atoms with E-state index in [1.165, 1.54) is 16.3 Å². The number of aryl methyl sites for hydroxylation is 1. The first-order chi connectivity index (χ1) is 7.11. The molecule has 80 valence electrons. The molecule has 1 aromatic heterocycles. The standard InChI is InChI=1S/C13H17NO/c1-9(2)12-6-11(15-4)5-10-7-14(3)8-13(10)12/h5-9H,1-4H3. The zero-order chi connectivity index (χ0) is 11.0. The molecule has 0 bridgehead atoms. The van der Waals surface area contributed by atoms with Crippen LogP contribution in [-0.2, 0) is 7.05 Å². The fourth-order valence-corrected chi connectivity index (χ4v) is 1.98. The first-order valence-electron chi connectivity index (χ1n) is 5.25. The fourth-order valence-electron chi connectivity index (χ4n) is 1.98. The first kappa shape index (κ1) is 10.1. The van der Waals surface area contributed by atoms with E-state index in [9.17, 15) is 0 Å². The van der Waals surface area contributed by atoms with Crippen LogP contribution in [-0.4, -0.2) is 11.7 Å². The van der Waals surface area contributed by atoms with Gasteiger partial charge in [0.2, 0.25) is 0 Å². The monoisotopic (exact) mass is 203 g/mol. The molecule has 0 aliphatic heterocycles. The van der Waals surface area contributed by atoms with E-state index in [1.807, 2.05) is 0 Å². The fraction of sp³-hybridized carbons (Fsp3) is 0.385. The molecule has 0 radical (unpaired) electrons. The Balaban J connectivity index is 2.73. The van der Waals surface area contributed by atoms with Crippen LogP contribution in [0.15, 0.2) is 24.5 Å². The summed E-state index contributed by atoms with van der Waals surface area (Å²) in [7, 11) is 3.77. The topological polar surface area (TPSA) is 14.2 Å². The highest BCUT2D eigenvalue weighted by Crippen LogP contribution is 2.30. The summed E-state index contributed by atoms with van der Waals surface area (Å²) in [5.41, 5.74) is 1.35. The van der Waals surface area contributed by atoms with Gasteiger partial charge in [0, 0.05) is 30.2 Å². The lowest BCUT2D eigenvalue weighted by Crippen LogP contribution is -1.90. The van der Waals surface area contributed by atoms with Gasteiger partial charge < -0.3 is 9.30 Å². The molecule has 2 rings (SSSR count).